The lowest BCUT2D eigenvalue weighted by atomic mass is 10.2. The number of rotatable bonds is 6. The smallest absolute Gasteiger partial charge is 0.0412 e. The maximum atomic E-state index is 10.6. The van der Waals surface area contributed by atoms with E-state index < -0.39 is 10.8 Å². The Labute approximate surface area is 72.3 Å². The Hall–Kier alpha value is -0.110. The zero-order valence-electron chi connectivity index (χ0n) is 7.51. The maximum absolute atomic E-state index is 10.6. The fourth-order valence-corrected chi connectivity index (χ4v) is 1.24. The van der Waals surface area contributed by atoms with Gasteiger partial charge in [-0.2, -0.15) is 0 Å². The Morgan fingerprint density at radius 3 is 2.55 bits per heavy atom. The first-order chi connectivity index (χ1) is 5.27. The molecule has 0 aromatic heterocycles. The largest absolute Gasteiger partial charge is 0.260 e. The molecule has 1 nitrogen and oxygen atoms in total. The predicted molar refractivity (Wildman–Crippen MR) is 52.2 cm³/mol. The maximum Gasteiger partial charge on any atom is 0.0412 e. The molecule has 0 aromatic rings. The van der Waals surface area contributed by atoms with Gasteiger partial charge in [0.1, 0.15) is 0 Å². The Balaban J connectivity index is 3.10. The molecule has 0 saturated carbocycles. The molecule has 66 valence electrons. The molecule has 11 heavy (non-hydrogen) atoms. The molecule has 0 amide bonds. The van der Waals surface area contributed by atoms with E-state index in [1.54, 1.807) is 6.26 Å². The van der Waals surface area contributed by atoms with Crippen LogP contribution in [0.4, 0.5) is 0 Å². The van der Waals surface area contributed by atoms with Crippen LogP contribution in [0.25, 0.3) is 0 Å². The molecule has 0 fully saturated rings. The predicted octanol–water partition coefficient (Wildman–Crippen LogP) is 2.50. The van der Waals surface area contributed by atoms with Gasteiger partial charge in [-0.1, -0.05) is 31.9 Å². The number of hydrogen-bond donors (Lipinski definition) is 0. The van der Waals surface area contributed by atoms with Gasteiger partial charge in [0.05, 0.1) is 0 Å². The number of unbranched alkanes of at least 4 members (excludes halogenated alkanes) is 3. The van der Waals surface area contributed by atoms with Gasteiger partial charge in [0.25, 0.3) is 0 Å². The van der Waals surface area contributed by atoms with Crippen molar-refractivity contribution in [2.75, 3.05) is 12.0 Å². The molecule has 0 heterocycles. The van der Waals surface area contributed by atoms with Gasteiger partial charge in [-0.25, -0.2) is 0 Å². The molecule has 0 radical (unpaired) electrons. The molecular weight excluding hydrogens is 156 g/mol. The highest BCUT2D eigenvalue weighted by atomic mass is 32.2. The Bertz CT molecular complexity index is 130. The van der Waals surface area contributed by atoms with E-state index in [1.165, 1.54) is 19.3 Å². The summed E-state index contributed by atoms with van der Waals surface area (Å²) in [5.74, 6) is 0.714. The summed E-state index contributed by atoms with van der Waals surface area (Å²) < 4.78 is 10.6. The summed E-state index contributed by atoms with van der Waals surface area (Å²) in [6.45, 7) is 2.20. The van der Waals surface area contributed by atoms with Crippen molar-refractivity contribution in [1.82, 2.24) is 0 Å². The van der Waals surface area contributed by atoms with Crippen molar-refractivity contribution < 1.29 is 4.21 Å². The van der Waals surface area contributed by atoms with E-state index in [2.05, 4.69) is 13.0 Å². The first kappa shape index (κ1) is 10.9. The molecule has 0 saturated heterocycles. The molecular formula is C9H18OS. The van der Waals surface area contributed by atoms with Crippen LogP contribution in [0.5, 0.6) is 0 Å². The lowest BCUT2D eigenvalue weighted by Crippen LogP contribution is -1.87. The van der Waals surface area contributed by atoms with Crippen LogP contribution in [0, 0.1) is 0 Å². The van der Waals surface area contributed by atoms with Crippen LogP contribution in [0.15, 0.2) is 12.2 Å². The average molecular weight is 174 g/mol. The van der Waals surface area contributed by atoms with Gasteiger partial charge in [0, 0.05) is 22.8 Å². The van der Waals surface area contributed by atoms with Crippen LogP contribution >= 0.6 is 0 Å². The van der Waals surface area contributed by atoms with E-state index in [4.69, 9.17) is 0 Å². The van der Waals surface area contributed by atoms with Gasteiger partial charge in [-0.3, -0.25) is 4.21 Å². The third-order valence-electron chi connectivity index (χ3n) is 1.47. The molecule has 1 unspecified atom stereocenters. The molecule has 0 aliphatic rings. The molecule has 0 spiro atoms. The van der Waals surface area contributed by atoms with Crippen LogP contribution in [0.1, 0.15) is 32.6 Å². The second kappa shape index (κ2) is 7.99. The lowest BCUT2D eigenvalue weighted by Gasteiger charge is -1.91. The van der Waals surface area contributed by atoms with Crippen molar-refractivity contribution in [2.24, 2.45) is 0 Å². The van der Waals surface area contributed by atoms with E-state index in [0.29, 0.717) is 5.75 Å². The summed E-state index contributed by atoms with van der Waals surface area (Å²) in [6, 6.07) is 0. The Morgan fingerprint density at radius 2 is 2.00 bits per heavy atom. The molecule has 0 N–H and O–H groups in total. The highest BCUT2D eigenvalue weighted by molar-refractivity contribution is 7.84. The van der Waals surface area contributed by atoms with Crippen molar-refractivity contribution in [3.8, 4) is 0 Å². The van der Waals surface area contributed by atoms with Crippen molar-refractivity contribution in [1.29, 1.82) is 0 Å². The van der Waals surface area contributed by atoms with Gasteiger partial charge in [-0.15, -0.1) is 0 Å². The molecule has 0 aliphatic carbocycles. The van der Waals surface area contributed by atoms with Gasteiger partial charge in [-0.05, 0) is 12.8 Å². The highest BCUT2D eigenvalue weighted by Crippen LogP contribution is 1.99. The van der Waals surface area contributed by atoms with E-state index in [9.17, 15) is 4.21 Å². The van der Waals surface area contributed by atoms with Crippen molar-refractivity contribution in [2.45, 2.75) is 32.6 Å². The third kappa shape index (κ3) is 9.89. The first-order valence-corrected chi connectivity index (χ1v) is 5.95. The van der Waals surface area contributed by atoms with Crippen LogP contribution in [-0.2, 0) is 10.8 Å². The molecule has 2 heteroatoms. The summed E-state index contributed by atoms with van der Waals surface area (Å²) in [6.07, 6.45) is 10.9. The van der Waals surface area contributed by atoms with Gasteiger partial charge >= 0.3 is 0 Å². The van der Waals surface area contributed by atoms with E-state index in [1.807, 2.05) is 6.08 Å². The van der Waals surface area contributed by atoms with Gasteiger partial charge in [0.2, 0.25) is 0 Å². The van der Waals surface area contributed by atoms with E-state index >= 15 is 0 Å². The van der Waals surface area contributed by atoms with Crippen molar-refractivity contribution >= 4 is 10.8 Å². The molecule has 0 aromatic carbocycles. The normalized spacial score (nSPS) is 14.0. The summed E-state index contributed by atoms with van der Waals surface area (Å²) >= 11 is 0. The first-order valence-electron chi connectivity index (χ1n) is 4.22. The molecule has 1 atom stereocenters. The second-order valence-electron chi connectivity index (χ2n) is 2.71. The Morgan fingerprint density at radius 1 is 1.27 bits per heavy atom. The van der Waals surface area contributed by atoms with E-state index in [-0.39, 0.29) is 0 Å². The Kier molecular flexibility index (Phi) is 7.91. The minimum absolute atomic E-state index is 0.660. The highest BCUT2D eigenvalue weighted by Gasteiger charge is 1.83. The average Bonchev–Trinajstić information content (AvgIpc) is 1.96. The van der Waals surface area contributed by atoms with Gasteiger partial charge < -0.3 is 0 Å². The van der Waals surface area contributed by atoms with Crippen molar-refractivity contribution in [3.05, 3.63) is 12.2 Å². The summed E-state index contributed by atoms with van der Waals surface area (Å²) in [5.41, 5.74) is 0. The standard InChI is InChI=1S/C9H18OS/c1-3-4-5-6-7-8-9-11(2)10/h7-8H,3-6,9H2,1-2H3. The fraction of sp³-hybridized carbons (Fsp3) is 0.778. The topological polar surface area (TPSA) is 17.1 Å². The summed E-state index contributed by atoms with van der Waals surface area (Å²) in [7, 11) is -0.660. The molecule has 0 rings (SSSR count). The monoisotopic (exact) mass is 174 g/mol. The van der Waals surface area contributed by atoms with Crippen LogP contribution in [0.2, 0.25) is 0 Å². The zero-order valence-corrected chi connectivity index (χ0v) is 8.32. The number of hydrogen-bond acceptors (Lipinski definition) is 1. The number of allylic oxidation sites excluding steroid dienone is 1. The molecule has 0 bridgehead atoms. The summed E-state index contributed by atoms with van der Waals surface area (Å²) in [5, 5.41) is 0. The van der Waals surface area contributed by atoms with E-state index in [0.717, 1.165) is 6.42 Å². The van der Waals surface area contributed by atoms with Crippen LogP contribution in [0.3, 0.4) is 0 Å². The SMILES string of the molecule is CCCCCC=CCS(C)=O. The van der Waals surface area contributed by atoms with Crippen molar-refractivity contribution in [3.63, 3.8) is 0 Å². The lowest BCUT2D eigenvalue weighted by molar-refractivity contribution is 0.688. The van der Waals surface area contributed by atoms with Crippen LogP contribution in [-0.4, -0.2) is 16.2 Å². The summed E-state index contributed by atoms with van der Waals surface area (Å²) in [4.78, 5) is 0. The minimum Gasteiger partial charge on any atom is -0.260 e. The minimum atomic E-state index is -0.660. The molecule has 0 aliphatic heterocycles. The quantitative estimate of drug-likeness (QED) is 0.446. The fourth-order valence-electron chi connectivity index (χ4n) is 0.834. The van der Waals surface area contributed by atoms with Crippen LogP contribution < -0.4 is 0 Å². The second-order valence-corrected chi connectivity index (χ2v) is 4.19. The zero-order chi connectivity index (χ0) is 8.53. The third-order valence-corrected chi connectivity index (χ3v) is 2.13. The van der Waals surface area contributed by atoms with Gasteiger partial charge in [0.15, 0.2) is 0 Å².